The molecule has 2 atom stereocenters. The van der Waals surface area contributed by atoms with E-state index in [4.69, 9.17) is 4.74 Å². The molecule has 1 aromatic carbocycles. The Morgan fingerprint density at radius 1 is 1.26 bits per heavy atom. The van der Waals surface area contributed by atoms with Crippen molar-refractivity contribution in [2.45, 2.75) is 44.9 Å². The summed E-state index contributed by atoms with van der Waals surface area (Å²) in [6, 6.07) is 4.70. The van der Waals surface area contributed by atoms with Gasteiger partial charge < -0.3 is 19.9 Å². The van der Waals surface area contributed by atoms with Gasteiger partial charge in [-0.25, -0.2) is 4.79 Å². The molecule has 0 spiro atoms. The number of carbonyl (C=O) groups is 2. The van der Waals surface area contributed by atoms with Crippen molar-refractivity contribution in [2.24, 2.45) is 0 Å². The summed E-state index contributed by atoms with van der Waals surface area (Å²) in [7, 11) is 1.44. The Labute approximate surface area is 157 Å². The first-order chi connectivity index (χ1) is 12.6. The second-order valence-electron chi connectivity index (χ2n) is 7.87. The molecule has 2 fully saturated rings. The molecule has 2 bridgehead atoms. The molecule has 3 rings (SSSR count). The summed E-state index contributed by atoms with van der Waals surface area (Å²) < 4.78 is 5.46. The van der Waals surface area contributed by atoms with Crippen LogP contribution in [-0.2, 0) is 4.74 Å². The number of carbonyl (C=O) groups excluding carboxylic acids is 2. The lowest BCUT2D eigenvalue weighted by atomic mass is 10.1. The normalized spacial score (nSPS) is 21.3. The number of hydrogen-bond acceptors (Lipinski definition) is 6. The molecule has 1 N–H and O–H groups in total. The average Bonchev–Trinajstić information content (AvgIpc) is 3.19. The van der Waals surface area contributed by atoms with Gasteiger partial charge in [0.05, 0.1) is 11.0 Å². The molecule has 146 valence electrons. The molecule has 0 radical (unpaired) electrons. The topological polar surface area (TPSA) is 105 Å². The van der Waals surface area contributed by atoms with E-state index in [1.54, 1.807) is 17.0 Å². The highest BCUT2D eigenvalue weighted by Crippen LogP contribution is 2.37. The van der Waals surface area contributed by atoms with Crippen LogP contribution in [-0.4, -0.2) is 59.6 Å². The van der Waals surface area contributed by atoms with Crippen molar-refractivity contribution in [3.05, 3.63) is 33.9 Å². The van der Waals surface area contributed by atoms with Gasteiger partial charge in [-0.05, 0) is 39.3 Å². The molecule has 0 unspecified atom stereocenters. The summed E-state index contributed by atoms with van der Waals surface area (Å²) in [4.78, 5) is 38.9. The van der Waals surface area contributed by atoms with E-state index < -0.39 is 16.4 Å². The first-order valence-corrected chi connectivity index (χ1v) is 8.87. The van der Waals surface area contributed by atoms with Gasteiger partial charge in [0, 0.05) is 37.9 Å². The molecule has 0 aromatic heterocycles. The summed E-state index contributed by atoms with van der Waals surface area (Å²) in [5.41, 5.74) is 0.0134. The number of likely N-dealkylation sites (tertiary alicyclic amines) is 1. The van der Waals surface area contributed by atoms with Crippen molar-refractivity contribution in [1.82, 2.24) is 10.2 Å². The van der Waals surface area contributed by atoms with Crippen LogP contribution in [0.2, 0.25) is 0 Å². The zero-order chi connectivity index (χ0) is 19.9. The van der Waals surface area contributed by atoms with Crippen LogP contribution in [0.15, 0.2) is 18.2 Å². The van der Waals surface area contributed by atoms with Crippen LogP contribution in [0.4, 0.5) is 16.2 Å². The fourth-order valence-corrected chi connectivity index (χ4v) is 3.71. The molecule has 2 aliphatic heterocycles. The standard InChI is InChI=1S/C18H24N4O5/c1-18(2,3)27-17(24)21-10-12-7-13(21)9-20(12)11-5-6-15(22(25)26)14(8-11)16(23)19-4/h5-6,8,12-13H,7,9-10H2,1-4H3,(H,19,23)/t12-,13-/m0/s1. The first-order valence-electron chi connectivity index (χ1n) is 8.87. The zero-order valence-corrected chi connectivity index (χ0v) is 15.9. The average molecular weight is 376 g/mol. The Morgan fingerprint density at radius 2 is 1.96 bits per heavy atom. The van der Waals surface area contributed by atoms with Crippen LogP contribution in [0.1, 0.15) is 37.6 Å². The van der Waals surface area contributed by atoms with Gasteiger partial charge >= 0.3 is 6.09 Å². The van der Waals surface area contributed by atoms with Crippen molar-refractivity contribution in [3.8, 4) is 0 Å². The number of nitro benzene ring substituents is 1. The van der Waals surface area contributed by atoms with Gasteiger partial charge in [-0.15, -0.1) is 0 Å². The second-order valence-corrected chi connectivity index (χ2v) is 7.87. The zero-order valence-electron chi connectivity index (χ0n) is 15.9. The number of nitro groups is 1. The summed E-state index contributed by atoms with van der Waals surface area (Å²) >= 11 is 0. The molecular weight excluding hydrogens is 352 g/mol. The van der Waals surface area contributed by atoms with Crippen molar-refractivity contribution in [2.75, 3.05) is 25.0 Å². The number of ether oxygens (including phenoxy) is 1. The van der Waals surface area contributed by atoms with E-state index in [1.807, 2.05) is 20.8 Å². The van der Waals surface area contributed by atoms with Gasteiger partial charge in [0.15, 0.2) is 0 Å². The van der Waals surface area contributed by atoms with Crippen LogP contribution in [0.3, 0.4) is 0 Å². The smallest absolute Gasteiger partial charge is 0.410 e. The van der Waals surface area contributed by atoms with Gasteiger partial charge in [-0.2, -0.15) is 0 Å². The van der Waals surface area contributed by atoms with Gasteiger partial charge in [0.1, 0.15) is 11.2 Å². The molecule has 2 saturated heterocycles. The lowest BCUT2D eigenvalue weighted by Crippen LogP contribution is -2.50. The number of fused-ring (bicyclic) bond motifs is 2. The third-order valence-corrected chi connectivity index (χ3v) is 4.85. The monoisotopic (exact) mass is 376 g/mol. The Balaban J connectivity index is 1.78. The molecule has 1 aromatic rings. The quantitative estimate of drug-likeness (QED) is 0.640. The lowest BCUT2D eigenvalue weighted by molar-refractivity contribution is -0.385. The van der Waals surface area contributed by atoms with Crippen LogP contribution in [0.5, 0.6) is 0 Å². The minimum atomic E-state index is -0.561. The summed E-state index contributed by atoms with van der Waals surface area (Å²) in [6.45, 7) is 6.65. The van der Waals surface area contributed by atoms with Crippen molar-refractivity contribution in [3.63, 3.8) is 0 Å². The minimum Gasteiger partial charge on any atom is -0.444 e. The third-order valence-electron chi connectivity index (χ3n) is 4.85. The Kier molecular flexibility index (Phi) is 4.71. The second kappa shape index (κ2) is 6.71. The van der Waals surface area contributed by atoms with Crippen LogP contribution >= 0.6 is 0 Å². The summed E-state index contributed by atoms with van der Waals surface area (Å²) in [5.74, 6) is -0.497. The first kappa shape index (κ1) is 18.9. The maximum absolute atomic E-state index is 12.4. The predicted molar refractivity (Wildman–Crippen MR) is 99.0 cm³/mol. The molecule has 2 heterocycles. The molecular formula is C18H24N4O5. The molecule has 27 heavy (non-hydrogen) atoms. The van der Waals surface area contributed by atoms with Crippen molar-refractivity contribution in [1.29, 1.82) is 0 Å². The van der Waals surface area contributed by atoms with Gasteiger partial charge in [-0.3, -0.25) is 14.9 Å². The number of benzene rings is 1. The van der Waals surface area contributed by atoms with Crippen LogP contribution in [0.25, 0.3) is 0 Å². The Morgan fingerprint density at radius 3 is 2.48 bits per heavy atom. The number of anilines is 1. The maximum atomic E-state index is 12.4. The fourth-order valence-electron chi connectivity index (χ4n) is 3.71. The third kappa shape index (κ3) is 3.67. The van der Waals surface area contributed by atoms with E-state index in [2.05, 4.69) is 10.2 Å². The van der Waals surface area contributed by atoms with E-state index in [-0.39, 0.29) is 29.4 Å². The van der Waals surface area contributed by atoms with E-state index >= 15 is 0 Å². The number of nitrogens with one attached hydrogen (secondary N) is 1. The Hall–Kier alpha value is -2.84. The Bertz CT molecular complexity index is 788. The molecule has 9 nitrogen and oxygen atoms in total. The van der Waals surface area contributed by atoms with Crippen LogP contribution < -0.4 is 10.2 Å². The van der Waals surface area contributed by atoms with Gasteiger partial charge in [-0.1, -0.05) is 0 Å². The van der Waals surface area contributed by atoms with E-state index in [9.17, 15) is 19.7 Å². The highest BCUT2D eigenvalue weighted by molar-refractivity contribution is 5.99. The molecule has 0 aliphatic carbocycles. The van der Waals surface area contributed by atoms with Crippen molar-refractivity contribution >= 4 is 23.4 Å². The largest absolute Gasteiger partial charge is 0.444 e. The number of rotatable bonds is 3. The molecule has 9 heteroatoms. The van der Waals surface area contributed by atoms with E-state index in [0.29, 0.717) is 13.1 Å². The minimum absolute atomic E-state index is 0.0310. The van der Waals surface area contributed by atoms with Gasteiger partial charge in [0.25, 0.3) is 11.6 Å². The van der Waals surface area contributed by atoms with Gasteiger partial charge in [0.2, 0.25) is 0 Å². The fraction of sp³-hybridized carbons (Fsp3) is 0.556. The summed E-state index contributed by atoms with van der Waals surface area (Å²) in [5, 5.41) is 13.6. The highest BCUT2D eigenvalue weighted by atomic mass is 16.6. The highest BCUT2D eigenvalue weighted by Gasteiger charge is 2.46. The SMILES string of the molecule is CNC(=O)c1cc(N2C[C@@H]3C[C@H]2CN3C(=O)OC(C)(C)C)ccc1[N+](=O)[O-]. The van der Waals surface area contributed by atoms with Crippen molar-refractivity contribution < 1.29 is 19.2 Å². The van der Waals surface area contributed by atoms with E-state index in [0.717, 1.165) is 12.1 Å². The maximum Gasteiger partial charge on any atom is 0.410 e. The van der Waals surface area contributed by atoms with Crippen LogP contribution in [0, 0.1) is 10.1 Å². The predicted octanol–water partition coefficient (Wildman–Crippen LogP) is 2.15. The summed E-state index contributed by atoms with van der Waals surface area (Å²) in [6.07, 6.45) is 0.496. The molecule has 0 saturated carbocycles. The number of nitrogens with zero attached hydrogens (tertiary/aromatic N) is 3. The number of amides is 2. The number of hydrogen-bond donors (Lipinski definition) is 1. The van der Waals surface area contributed by atoms with E-state index in [1.165, 1.54) is 13.1 Å². The molecule has 2 aliphatic rings. The molecule has 2 amide bonds. The lowest BCUT2D eigenvalue weighted by Gasteiger charge is -2.36. The number of piperazine rings is 1.